The number of alkyl halides is 3. The van der Waals surface area contributed by atoms with Gasteiger partial charge in [-0.3, -0.25) is 9.67 Å². The number of nitrogens with zero attached hydrogens (tertiary/aromatic N) is 8. The van der Waals surface area contributed by atoms with Gasteiger partial charge in [-0.05, 0) is 39.0 Å². The molecule has 40 heavy (non-hydrogen) atoms. The Labute approximate surface area is 227 Å². The summed E-state index contributed by atoms with van der Waals surface area (Å²) in [7, 11) is 0. The van der Waals surface area contributed by atoms with Crippen LogP contribution in [0.5, 0.6) is 0 Å². The summed E-state index contributed by atoms with van der Waals surface area (Å²) < 4.78 is 46.2. The number of rotatable bonds is 4. The largest absolute Gasteiger partial charge is 0.444 e. The number of hydrogen-bond donors (Lipinski definition) is 1. The highest BCUT2D eigenvalue weighted by Gasteiger charge is 2.29. The van der Waals surface area contributed by atoms with Crippen LogP contribution in [-0.2, 0) is 11.3 Å². The third-order valence-electron chi connectivity index (χ3n) is 6.14. The zero-order chi connectivity index (χ0) is 28.7. The molecule has 5 rings (SSSR count). The number of β-amino-alcohol motifs (C(OH)–C–C–N with tert-alkyl or cyclic N) is 1. The summed E-state index contributed by atoms with van der Waals surface area (Å²) in [6, 6.07) is 7.13. The highest BCUT2D eigenvalue weighted by atomic mass is 19.4. The van der Waals surface area contributed by atoms with Crippen LogP contribution in [0.3, 0.4) is 0 Å². The Balaban J connectivity index is 1.38. The van der Waals surface area contributed by atoms with Gasteiger partial charge in [0.15, 0.2) is 5.82 Å². The number of aliphatic hydroxyl groups is 1. The van der Waals surface area contributed by atoms with Gasteiger partial charge in [0, 0.05) is 43.0 Å². The summed E-state index contributed by atoms with van der Waals surface area (Å²) in [5.74, 6) is 1.09. The minimum Gasteiger partial charge on any atom is -0.444 e. The number of anilines is 1. The molecule has 14 heteroatoms. The molecule has 0 spiro atoms. The SMILES string of the molecule is CC(C)(C)OC(=O)N1CCN(c2cccc(-n3ncc4cnc(-c5cnn(CC(F)(F)F)c5)cc43)n2)C[C@H](O)C1. The van der Waals surface area contributed by atoms with E-state index in [1.54, 1.807) is 50.0 Å². The zero-order valence-electron chi connectivity index (χ0n) is 22.2. The molecule has 1 aliphatic heterocycles. The lowest BCUT2D eigenvalue weighted by Gasteiger charge is -2.27. The highest BCUT2D eigenvalue weighted by Crippen LogP contribution is 2.26. The maximum absolute atomic E-state index is 12.7. The predicted octanol–water partition coefficient (Wildman–Crippen LogP) is 3.66. The molecular weight excluding hydrogens is 529 g/mol. The normalized spacial score (nSPS) is 16.8. The van der Waals surface area contributed by atoms with Crippen LogP contribution in [0.2, 0.25) is 0 Å². The monoisotopic (exact) mass is 558 g/mol. The lowest BCUT2D eigenvalue weighted by atomic mass is 10.2. The van der Waals surface area contributed by atoms with Crippen LogP contribution in [0, 0.1) is 0 Å². The quantitative estimate of drug-likeness (QED) is 0.404. The number of aliphatic hydroxyl groups excluding tert-OH is 1. The van der Waals surface area contributed by atoms with Crippen LogP contribution in [-0.4, -0.2) is 89.7 Å². The van der Waals surface area contributed by atoms with E-state index in [9.17, 15) is 23.1 Å². The van der Waals surface area contributed by atoms with Gasteiger partial charge in [0.25, 0.3) is 0 Å². The lowest BCUT2D eigenvalue weighted by molar-refractivity contribution is -0.142. The molecule has 11 nitrogen and oxygen atoms in total. The molecule has 4 aromatic heterocycles. The molecule has 0 aliphatic carbocycles. The standard InChI is InChI=1S/C26H29F3N8O3/c1-25(2,3)40-24(39)35-8-7-34(14-19(38)15-35)22-5-4-6-23(33-22)37-21-9-20(30-10-17(21)11-32-37)18-12-31-36(13-18)16-26(27,28)29/h4-6,9-13,19,38H,7-8,14-16H2,1-3H3/t19-/m0/s1. The highest BCUT2D eigenvalue weighted by molar-refractivity contribution is 5.83. The first-order chi connectivity index (χ1) is 18.8. The van der Waals surface area contributed by atoms with Crippen molar-refractivity contribution in [2.24, 2.45) is 0 Å². The summed E-state index contributed by atoms with van der Waals surface area (Å²) in [5.41, 5.74) is 0.894. The minimum atomic E-state index is -4.38. The predicted molar refractivity (Wildman–Crippen MR) is 140 cm³/mol. The van der Waals surface area contributed by atoms with Gasteiger partial charge < -0.3 is 19.6 Å². The molecule has 1 aliphatic rings. The Hall–Kier alpha value is -4.20. The molecule has 5 heterocycles. The summed E-state index contributed by atoms with van der Waals surface area (Å²) in [5, 5.41) is 19.6. The minimum absolute atomic E-state index is 0.143. The van der Waals surface area contributed by atoms with Gasteiger partial charge >= 0.3 is 12.3 Å². The van der Waals surface area contributed by atoms with Crippen LogP contribution in [0.4, 0.5) is 23.8 Å². The van der Waals surface area contributed by atoms with Crippen LogP contribution < -0.4 is 4.90 Å². The molecule has 1 saturated heterocycles. The Bertz CT molecular complexity index is 1510. The van der Waals surface area contributed by atoms with Crippen LogP contribution in [0.15, 0.2) is 49.1 Å². The van der Waals surface area contributed by atoms with Crippen LogP contribution >= 0.6 is 0 Å². The van der Waals surface area contributed by atoms with Gasteiger partial charge in [0.05, 0.1) is 36.3 Å². The molecule has 0 radical (unpaired) electrons. The topological polar surface area (TPSA) is 114 Å². The number of ether oxygens (including phenoxy) is 1. The first-order valence-electron chi connectivity index (χ1n) is 12.7. The van der Waals surface area contributed by atoms with Crippen LogP contribution in [0.25, 0.3) is 28.0 Å². The van der Waals surface area contributed by atoms with E-state index >= 15 is 0 Å². The number of fused-ring (bicyclic) bond motifs is 1. The van der Waals surface area contributed by atoms with Crippen molar-refractivity contribution in [3.8, 4) is 17.1 Å². The first kappa shape index (κ1) is 27.4. The van der Waals surface area contributed by atoms with Gasteiger partial charge in [-0.1, -0.05) is 6.07 Å². The van der Waals surface area contributed by atoms with E-state index in [2.05, 4.69) is 15.2 Å². The maximum atomic E-state index is 12.7. The molecule has 0 unspecified atom stereocenters. The summed E-state index contributed by atoms with van der Waals surface area (Å²) in [4.78, 5) is 25.1. The number of carbonyl (C=O) groups excluding carboxylic acids is 1. The van der Waals surface area contributed by atoms with Crippen molar-refractivity contribution in [1.29, 1.82) is 0 Å². The van der Waals surface area contributed by atoms with E-state index in [4.69, 9.17) is 9.72 Å². The fourth-order valence-electron chi connectivity index (χ4n) is 4.42. The second-order valence-corrected chi connectivity index (χ2v) is 10.6. The maximum Gasteiger partial charge on any atom is 0.410 e. The average molecular weight is 559 g/mol. The fourth-order valence-corrected chi connectivity index (χ4v) is 4.42. The second-order valence-electron chi connectivity index (χ2n) is 10.6. The van der Waals surface area contributed by atoms with Crippen molar-refractivity contribution >= 4 is 22.8 Å². The first-order valence-corrected chi connectivity index (χ1v) is 12.7. The van der Waals surface area contributed by atoms with Crippen molar-refractivity contribution in [2.75, 3.05) is 31.1 Å². The number of hydrogen-bond acceptors (Lipinski definition) is 8. The molecule has 1 fully saturated rings. The van der Waals surface area contributed by atoms with Crippen molar-refractivity contribution in [1.82, 2.24) is 34.4 Å². The molecule has 0 aromatic carbocycles. The Morgan fingerprint density at radius 2 is 1.85 bits per heavy atom. The van der Waals surface area contributed by atoms with E-state index in [-0.39, 0.29) is 13.1 Å². The van der Waals surface area contributed by atoms with Crippen molar-refractivity contribution in [3.63, 3.8) is 0 Å². The third-order valence-corrected chi connectivity index (χ3v) is 6.14. The van der Waals surface area contributed by atoms with E-state index in [0.29, 0.717) is 41.5 Å². The van der Waals surface area contributed by atoms with Gasteiger partial charge in [-0.15, -0.1) is 0 Å². The molecule has 4 aromatic rings. The molecule has 1 amide bonds. The molecule has 1 atom stereocenters. The van der Waals surface area contributed by atoms with Crippen molar-refractivity contribution in [3.05, 3.63) is 49.1 Å². The van der Waals surface area contributed by atoms with E-state index in [1.165, 1.54) is 17.3 Å². The zero-order valence-corrected chi connectivity index (χ0v) is 22.2. The van der Waals surface area contributed by atoms with Gasteiger partial charge in [0.2, 0.25) is 0 Å². The second kappa shape index (κ2) is 10.4. The fraction of sp³-hybridized carbons (Fsp3) is 0.423. The van der Waals surface area contributed by atoms with Crippen molar-refractivity contribution in [2.45, 2.75) is 45.2 Å². The molecule has 212 valence electrons. The number of aromatic nitrogens is 6. The number of carbonyl (C=O) groups is 1. The van der Waals surface area contributed by atoms with E-state index in [1.807, 2.05) is 17.0 Å². The Morgan fingerprint density at radius 1 is 1.07 bits per heavy atom. The average Bonchev–Trinajstić information content (AvgIpc) is 3.44. The van der Waals surface area contributed by atoms with Crippen LogP contribution in [0.1, 0.15) is 20.8 Å². The molecule has 1 N–H and O–H groups in total. The summed E-state index contributed by atoms with van der Waals surface area (Å²) in [6.07, 6.45) is 0.187. The molecular formula is C26H29F3N8O3. The third kappa shape index (κ3) is 6.33. The van der Waals surface area contributed by atoms with Gasteiger partial charge in [-0.25, -0.2) is 14.5 Å². The molecule has 0 bridgehead atoms. The Morgan fingerprint density at radius 3 is 2.60 bits per heavy atom. The molecule has 0 saturated carbocycles. The number of halogens is 3. The summed E-state index contributed by atoms with van der Waals surface area (Å²) >= 11 is 0. The van der Waals surface area contributed by atoms with E-state index in [0.717, 1.165) is 10.1 Å². The number of pyridine rings is 2. The van der Waals surface area contributed by atoms with Crippen molar-refractivity contribution < 1.29 is 27.8 Å². The van der Waals surface area contributed by atoms with Gasteiger partial charge in [-0.2, -0.15) is 23.4 Å². The smallest absolute Gasteiger partial charge is 0.410 e. The van der Waals surface area contributed by atoms with E-state index < -0.39 is 30.5 Å². The lowest BCUT2D eigenvalue weighted by Crippen LogP contribution is -2.41. The van der Waals surface area contributed by atoms with Gasteiger partial charge in [0.1, 0.15) is 18.0 Å². The summed E-state index contributed by atoms with van der Waals surface area (Å²) in [6.45, 7) is 5.38. The Kier molecular flexibility index (Phi) is 7.12. The number of amides is 1.